The highest BCUT2D eigenvalue weighted by Gasteiger charge is 2.45. The smallest absolute Gasteiger partial charge is 0.351 e. The van der Waals surface area contributed by atoms with Crippen LogP contribution < -0.4 is 11.4 Å². The predicted molar refractivity (Wildman–Crippen MR) is 62.7 cm³/mol. The largest absolute Gasteiger partial charge is 0.393 e. The highest BCUT2D eigenvalue weighted by Crippen LogP contribution is 2.38. The normalized spacial score (nSPS) is 29.4. The van der Waals surface area contributed by atoms with Gasteiger partial charge in [0.15, 0.2) is 0 Å². The molecule has 0 spiro atoms. The van der Waals surface area contributed by atoms with Crippen LogP contribution in [0.1, 0.15) is 26.0 Å². The van der Waals surface area contributed by atoms with Gasteiger partial charge in [-0.15, -0.1) is 0 Å². The van der Waals surface area contributed by atoms with Crippen LogP contribution >= 0.6 is 0 Å². The summed E-state index contributed by atoms with van der Waals surface area (Å²) in [5, 5.41) is 9.28. The first-order valence-corrected chi connectivity index (χ1v) is 5.76. The van der Waals surface area contributed by atoms with Crippen molar-refractivity contribution in [3.05, 3.63) is 22.7 Å². The quantitative estimate of drug-likeness (QED) is 0.808. The topological polar surface area (TPSA) is 90.4 Å². The van der Waals surface area contributed by atoms with Crippen LogP contribution in [0.4, 0.5) is 10.2 Å². The van der Waals surface area contributed by atoms with Gasteiger partial charge in [0.2, 0.25) is 0 Å². The van der Waals surface area contributed by atoms with Crippen LogP contribution in [0.5, 0.6) is 0 Å². The lowest BCUT2D eigenvalue weighted by molar-refractivity contribution is -0.132. The molecule has 7 heteroatoms. The predicted octanol–water partition coefficient (Wildman–Crippen LogP) is 0.224. The van der Waals surface area contributed by atoms with Gasteiger partial charge in [0.1, 0.15) is 23.8 Å². The number of aliphatic hydroxyl groups excluding tert-OH is 1. The molecule has 1 aromatic rings. The Balaban J connectivity index is 2.25. The van der Waals surface area contributed by atoms with Gasteiger partial charge >= 0.3 is 5.69 Å². The molecule has 1 saturated heterocycles. The molecule has 18 heavy (non-hydrogen) atoms. The third-order valence-electron chi connectivity index (χ3n) is 3.34. The molecule has 2 rings (SSSR count). The fraction of sp³-hybridized carbons (Fsp3) is 0.636. The van der Waals surface area contributed by atoms with Crippen molar-refractivity contribution in [2.24, 2.45) is 0 Å². The third-order valence-corrected chi connectivity index (χ3v) is 3.34. The van der Waals surface area contributed by atoms with E-state index in [1.165, 1.54) is 23.8 Å². The van der Waals surface area contributed by atoms with E-state index in [1.54, 1.807) is 0 Å². The van der Waals surface area contributed by atoms with Crippen molar-refractivity contribution >= 4 is 5.82 Å². The lowest BCUT2D eigenvalue weighted by atomic mass is 9.96. The van der Waals surface area contributed by atoms with E-state index >= 15 is 0 Å². The van der Waals surface area contributed by atoms with Gasteiger partial charge in [-0.05, 0) is 25.8 Å². The van der Waals surface area contributed by atoms with Crippen LogP contribution in [-0.2, 0) is 4.74 Å². The summed E-state index contributed by atoms with van der Waals surface area (Å²) >= 11 is 0. The van der Waals surface area contributed by atoms with E-state index in [1.807, 2.05) is 0 Å². The molecular weight excluding hydrogens is 241 g/mol. The van der Waals surface area contributed by atoms with Crippen molar-refractivity contribution in [3.8, 4) is 0 Å². The average Bonchev–Trinajstić information content (AvgIpc) is 2.74. The minimum Gasteiger partial charge on any atom is -0.393 e. The number of anilines is 1. The standard InChI is InChI=1S/C11H16FN3O3/c1-7(12)11(6-16)4-2-9(18-11)15-5-3-8(13)14-10(15)17/h3,5,7,9,16H,2,4,6H2,1H3,(H2,13,14,17)/t7-,9?,11+/m1/s1. The van der Waals surface area contributed by atoms with Crippen LogP contribution in [0.25, 0.3) is 0 Å². The van der Waals surface area contributed by atoms with E-state index in [2.05, 4.69) is 4.98 Å². The minimum absolute atomic E-state index is 0.126. The molecule has 100 valence electrons. The van der Waals surface area contributed by atoms with Crippen LogP contribution in [-0.4, -0.2) is 33.0 Å². The van der Waals surface area contributed by atoms with Gasteiger partial charge in [-0.2, -0.15) is 4.98 Å². The van der Waals surface area contributed by atoms with Crippen molar-refractivity contribution in [2.75, 3.05) is 12.3 Å². The molecule has 0 aliphatic carbocycles. The molecule has 1 aliphatic heterocycles. The molecule has 1 unspecified atom stereocenters. The van der Waals surface area contributed by atoms with E-state index in [0.29, 0.717) is 12.8 Å². The Morgan fingerprint density at radius 3 is 3.06 bits per heavy atom. The highest BCUT2D eigenvalue weighted by molar-refractivity contribution is 5.23. The number of aliphatic hydroxyl groups is 1. The molecule has 0 aromatic carbocycles. The minimum atomic E-state index is -1.31. The van der Waals surface area contributed by atoms with E-state index in [0.717, 1.165) is 0 Å². The average molecular weight is 257 g/mol. The number of nitrogens with zero attached hydrogens (tertiary/aromatic N) is 2. The summed E-state index contributed by atoms with van der Waals surface area (Å²) in [6.45, 7) is 0.918. The van der Waals surface area contributed by atoms with Crippen LogP contribution in [0.2, 0.25) is 0 Å². The molecule has 2 heterocycles. The van der Waals surface area contributed by atoms with Gasteiger partial charge in [-0.1, -0.05) is 0 Å². The summed E-state index contributed by atoms with van der Waals surface area (Å²) in [5.41, 5.74) is 3.62. The number of rotatable bonds is 3. The van der Waals surface area contributed by atoms with Crippen molar-refractivity contribution in [3.63, 3.8) is 0 Å². The molecule has 0 bridgehead atoms. The van der Waals surface area contributed by atoms with Gasteiger partial charge < -0.3 is 15.6 Å². The number of nitrogens with two attached hydrogens (primary N) is 1. The Morgan fingerprint density at radius 2 is 2.56 bits per heavy atom. The zero-order valence-electron chi connectivity index (χ0n) is 10.0. The first-order valence-electron chi connectivity index (χ1n) is 5.76. The Hall–Kier alpha value is -1.47. The molecule has 0 radical (unpaired) electrons. The summed E-state index contributed by atoms with van der Waals surface area (Å²) in [5.74, 6) is 0.126. The summed E-state index contributed by atoms with van der Waals surface area (Å²) in [7, 11) is 0. The fourth-order valence-corrected chi connectivity index (χ4v) is 2.13. The van der Waals surface area contributed by atoms with E-state index in [9.17, 15) is 14.3 Å². The maximum atomic E-state index is 13.5. The van der Waals surface area contributed by atoms with Crippen LogP contribution in [0, 0.1) is 0 Å². The zero-order valence-corrected chi connectivity index (χ0v) is 10.0. The van der Waals surface area contributed by atoms with E-state index < -0.39 is 30.3 Å². The van der Waals surface area contributed by atoms with Crippen molar-refractivity contribution < 1.29 is 14.2 Å². The molecular formula is C11H16FN3O3. The molecule has 3 N–H and O–H groups in total. The second kappa shape index (κ2) is 4.66. The summed E-state index contributed by atoms with van der Waals surface area (Å²) in [4.78, 5) is 15.2. The Bertz CT molecular complexity index is 491. The zero-order chi connectivity index (χ0) is 13.3. The van der Waals surface area contributed by atoms with E-state index in [-0.39, 0.29) is 5.82 Å². The number of aromatic nitrogens is 2. The monoisotopic (exact) mass is 257 g/mol. The second-order valence-corrected chi connectivity index (χ2v) is 4.49. The van der Waals surface area contributed by atoms with Gasteiger partial charge in [-0.25, -0.2) is 9.18 Å². The summed E-state index contributed by atoms with van der Waals surface area (Å²) in [6, 6.07) is 1.47. The first-order chi connectivity index (χ1) is 8.48. The SMILES string of the molecule is C[C@@H](F)[C@@]1(CO)CCC(n2ccc(N)nc2=O)O1. The highest BCUT2D eigenvalue weighted by atomic mass is 19.1. The third kappa shape index (κ3) is 2.11. The maximum Gasteiger partial charge on any atom is 0.351 e. The van der Waals surface area contributed by atoms with Crippen LogP contribution in [0.3, 0.4) is 0 Å². The molecule has 1 fully saturated rings. The lowest BCUT2D eigenvalue weighted by Gasteiger charge is -2.28. The summed E-state index contributed by atoms with van der Waals surface area (Å²) < 4.78 is 20.3. The van der Waals surface area contributed by atoms with Gasteiger partial charge in [0, 0.05) is 6.20 Å². The van der Waals surface area contributed by atoms with Crippen LogP contribution in [0.15, 0.2) is 17.1 Å². The second-order valence-electron chi connectivity index (χ2n) is 4.49. The molecule has 1 aromatic heterocycles. The fourth-order valence-electron chi connectivity index (χ4n) is 2.13. The number of ether oxygens (including phenoxy) is 1. The molecule has 0 amide bonds. The number of nitrogen functional groups attached to an aromatic ring is 1. The maximum absolute atomic E-state index is 13.5. The number of hydrogen-bond donors (Lipinski definition) is 2. The molecule has 6 nitrogen and oxygen atoms in total. The number of halogens is 1. The Morgan fingerprint density at radius 1 is 1.83 bits per heavy atom. The van der Waals surface area contributed by atoms with Gasteiger partial charge in [-0.3, -0.25) is 4.57 Å². The molecule has 3 atom stereocenters. The molecule has 0 saturated carbocycles. The van der Waals surface area contributed by atoms with Gasteiger partial charge in [0.25, 0.3) is 0 Å². The first kappa shape index (κ1) is 13.0. The molecule has 1 aliphatic rings. The van der Waals surface area contributed by atoms with Crippen molar-refractivity contribution in [1.29, 1.82) is 0 Å². The van der Waals surface area contributed by atoms with Crippen molar-refractivity contribution in [2.45, 2.75) is 37.8 Å². The van der Waals surface area contributed by atoms with Gasteiger partial charge in [0.05, 0.1) is 6.61 Å². The van der Waals surface area contributed by atoms with Crippen molar-refractivity contribution in [1.82, 2.24) is 9.55 Å². The lowest BCUT2D eigenvalue weighted by Crippen LogP contribution is -2.42. The Labute approximate surface area is 103 Å². The summed E-state index contributed by atoms with van der Waals surface area (Å²) in [6.07, 6.45) is 0.329. The number of hydrogen-bond acceptors (Lipinski definition) is 5. The number of alkyl halides is 1. The van der Waals surface area contributed by atoms with E-state index in [4.69, 9.17) is 10.5 Å². The Kier molecular flexibility index (Phi) is 3.36.